The third-order valence-electron chi connectivity index (χ3n) is 4.67. The number of piperazine rings is 1. The van der Waals surface area contributed by atoms with Gasteiger partial charge in [-0.05, 0) is 12.1 Å². The van der Waals surface area contributed by atoms with E-state index in [2.05, 4.69) is 0 Å². The average molecular weight is 382 g/mol. The Morgan fingerprint density at radius 1 is 1.12 bits per heavy atom. The fourth-order valence-corrected chi connectivity index (χ4v) is 4.57. The summed E-state index contributed by atoms with van der Waals surface area (Å²) >= 11 is 0. The van der Waals surface area contributed by atoms with E-state index in [1.165, 1.54) is 0 Å². The summed E-state index contributed by atoms with van der Waals surface area (Å²) in [4.78, 5) is 37.2. The molecule has 2 aliphatic heterocycles. The Bertz CT molecular complexity index is 853. The maximum Gasteiger partial charge on any atom is 0.269 e. The zero-order chi connectivity index (χ0) is 19.1. The van der Waals surface area contributed by atoms with Crippen LogP contribution in [0.15, 0.2) is 29.2 Å². The summed E-state index contributed by atoms with van der Waals surface area (Å²) in [5, 5.41) is 10.7. The molecule has 26 heavy (non-hydrogen) atoms. The van der Waals surface area contributed by atoms with Gasteiger partial charge in [0.15, 0.2) is 0 Å². The van der Waals surface area contributed by atoms with Crippen LogP contribution in [-0.2, 0) is 19.6 Å². The van der Waals surface area contributed by atoms with E-state index in [-0.39, 0.29) is 54.5 Å². The molecule has 0 aliphatic carbocycles. The number of rotatable bonds is 4. The van der Waals surface area contributed by atoms with Crippen LogP contribution < -0.4 is 0 Å². The van der Waals surface area contributed by atoms with Crippen molar-refractivity contribution in [2.24, 2.45) is 0 Å². The molecule has 0 N–H and O–H groups in total. The van der Waals surface area contributed by atoms with Crippen LogP contribution in [0.2, 0.25) is 0 Å². The topological polar surface area (TPSA) is 121 Å². The summed E-state index contributed by atoms with van der Waals surface area (Å²) in [6.07, 6.45) is 0.247. The predicted octanol–water partition coefficient (Wildman–Crippen LogP) is -0.342. The lowest BCUT2D eigenvalue weighted by atomic mass is 10.2. The summed E-state index contributed by atoms with van der Waals surface area (Å²) in [7, 11) is -2.25. The molecule has 0 bridgehead atoms. The van der Waals surface area contributed by atoms with Gasteiger partial charge in [-0.1, -0.05) is 0 Å². The largest absolute Gasteiger partial charge is 0.344 e. The van der Waals surface area contributed by atoms with E-state index in [9.17, 15) is 28.1 Å². The van der Waals surface area contributed by atoms with Gasteiger partial charge in [0.1, 0.15) is 0 Å². The third kappa shape index (κ3) is 3.27. The average Bonchev–Trinajstić information content (AvgIpc) is 2.93. The number of sulfonamides is 1. The minimum Gasteiger partial charge on any atom is -0.344 e. The molecular formula is C15H18N4O6S. The van der Waals surface area contributed by atoms with E-state index in [4.69, 9.17) is 0 Å². The monoisotopic (exact) mass is 382 g/mol. The fraction of sp³-hybridized carbons (Fsp3) is 0.467. The van der Waals surface area contributed by atoms with Crippen LogP contribution in [0.5, 0.6) is 0 Å². The van der Waals surface area contributed by atoms with Gasteiger partial charge < -0.3 is 9.80 Å². The lowest BCUT2D eigenvalue weighted by Crippen LogP contribution is -2.55. The minimum atomic E-state index is -3.92. The van der Waals surface area contributed by atoms with E-state index in [1.807, 2.05) is 0 Å². The van der Waals surface area contributed by atoms with Crippen LogP contribution in [0.3, 0.4) is 0 Å². The zero-order valence-electron chi connectivity index (χ0n) is 14.1. The molecule has 0 spiro atoms. The van der Waals surface area contributed by atoms with E-state index in [1.54, 1.807) is 16.8 Å². The molecule has 0 saturated carbocycles. The first kappa shape index (κ1) is 18.3. The second-order valence-electron chi connectivity index (χ2n) is 6.31. The number of amides is 2. The van der Waals surface area contributed by atoms with Crippen LogP contribution in [-0.4, -0.2) is 78.5 Å². The van der Waals surface area contributed by atoms with Gasteiger partial charge in [-0.15, -0.1) is 0 Å². The molecule has 2 heterocycles. The Hall–Kier alpha value is -2.53. The van der Waals surface area contributed by atoms with Gasteiger partial charge in [-0.2, -0.15) is 4.31 Å². The molecule has 10 nitrogen and oxygen atoms in total. The summed E-state index contributed by atoms with van der Waals surface area (Å²) in [5.41, 5.74) is -0.208. The fourth-order valence-electron chi connectivity index (χ4n) is 3.19. The van der Waals surface area contributed by atoms with Crippen molar-refractivity contribution in [1.82, 2.24) is 14.1 Å². The molecule has 1 atom stereocenters. The van der Waals surface area contributed by atoms with Crippen molar-refractivity contribution in [3.63, 3.8) is 0 Å². The van der Waals surface area contributed by atoms with Gasteiger partial charge in [0.2, 0.25) is 21.8 Å². The SMILES string of the molecule is CN1CC(N2CCN(S(=O)(=O)c3ccc([N+](=O)[O-])cc3)CC2=O)CC1=O. The van der Waals surface area contributed by atoms with E-state index in [0.29, 0.717) is 6.54 Å². The van der Waals surface area contributed by atoms with Crippen molar-refractivity contribution >= 4 is 27.5 Å². The number of nitro groups is 1. The Balaban J connectivity index is 1.72. The molecule has 2 saturated heterocycles. The summed E-state index contributed by atoms with van der Waals surface area (Å²) in [6.45, 7) is 0.448. The maximum atomic E-state index is 12.7. The van der Waals surface area contributed by atoms with Crippen molar-refractivity contribution in [2.45, 2.75) is 17.4 Å². The number of non-ortho nitro benzene ring substituents is 1. The van der Waals surface area contributed by atoms with Crippen LogP contribution >= 0.6 is 0 Å². The van der Waals surface area contributed by atoms with Crippen molar-refractivity contribution in [2.75, 3.05) is 33.2 Å². The number of likely N-dealkylation sites (N-methyl/N-ethyl adjacent to an activating group) is 1. The van der Waals surface area contributed by atoms with Gasteiger partial charge in [-0.25, -0.2) is 8.42 Å². The Labute approximate surface area is 150 Å². The van der Waals surface area contributed by atoms with Gasteiger partial charge in [0.05, 0.1) is 22.4 Å². The van der Waals surface area contributed by atoms with Crippen molar-refractivity contribution in [1.29, 1.82) is 0 Å². The van der Waals surface area contributed by atoms with Crippen molar-refractivity contribution < 1.29 is 22.9 Å². The highest BCUT2D eigenvalue weighted by atomic mass is 32.2. The third-order valence-corrected chi connectivity index (χ3v) is 6.53. The molecule has 0 radical (unpaired) electrons. The van der Waals surface area contributed by atoms with Crippen LogP contribution in [0, 0.1) is 10.1 Å². The van der Waals surface area contributed by atoms with Crippen LogP contribution in [0.1, 0.15) is 6.42 Å². The molecule has 3 rings (SSSR count). The number of nitro benzene ring substituents is 1. The number of carbonyl (C=O) groups excluding carboxylic acids is 2. The number of hydrogen-bond donors (Lipinski definition) is 0. The highest BCUT2D eigenvalue weighted by molar-refractivity contribution is 7.89. The first-order valence-corrected chi connectivity index (χ1v) is 9.42. The molecule has 2 amide bonds. The lowest BCUT2D eigenvalue weighted by molar-refractivity contribution is -0.384. The van der Waals surface area contributed by atoms with E-state index < -0.39 is 14.9 Å². The van der Waals surface area contributed by atoms with Gasteiger partial charge in [0, 0.05) is 45.2 Å². The first-order valence-electron chi connectivity index (χ1n) is 7.98. The molecule has 140 valence electrons. The highest BCUT2D eigenvalue weighted by Gasteiger charge is 2.39. The number of carbonyl (C=O) groups is 2. The minimum absolute atomic E-state index is 0.0382. The summed E-state index contributed by atoms with van der Waals surface area (Å²) < 4.78 is 26.4. The first-order chi connectivity index (χ1) is 12.2. The lowest BCUT2D eigenvalue weighted by Gasteiger charge is -2.36. The van der Waals surface area contributed by atoms with E-state index >= 15 is 0 Å². The van der Waals surface area contributed by atoms with Crippen LogP contribution in [0.25, 0.3) is 0 Å². The summed E-state index contributed by atoms with van der Waals surface area (Å²) in [6, 6.07) is 4.32. The second-order valence-corrected chi connectivity index (χ2v) is 8.25. The molecular weight excluding hydrogens is 364 g/mol. The molecule has 1 unspecified atom stereocenters. The number of benzene rings is 1. The van der Waals surface area contributed by atoms with Crippen molar-refractivity contribution in [3.05, 3.63) is 34.4 Å². The molecule has 0 aromatic heterocycles. The van der Waals surface area contributed by atoms with Gasteiger partial charge in [0.25, 0.3) is 5.69 Å². The smallest absolute Gasteiger partial charge is 0.269 e. The zero-order valence-corrected chi connectivity index (χ0v) is 14.9. The molecule has 1 aromatic rings. The molecule has 2 fully saturated rings. The Morgan fingerprint density at radius 2 is 1.77 bits per heavy atom. The van der Waals surface area contributed by atoms with Gasteiger partial charge in [-0.3, -0.25) is 19.7 Å². The number of likely N-dealkylation sites (tertiary alicyclic amines) is 1. The number of hydrogen-bond acceptors (Lipinski definition) is 6. The normalized spacial score (nSPS) is 22.1. The maximum absolute atomic E-state index is 12.7. The Morgan fingerprint density at radius 3 is 2.27 bits per heavy atom. The quantitative estimate of drug-likeness (QED) is 0.519. The standard InChI is InChI=1S/C15H18N4O6S/c1-16-9-12(8-14(16)20)18-7-6-17(10-15(18)21)26(24,25)13-4-2-11(3-5-13)19(22)23/h2-5,12H,6-10H2,1H3. The highest BCUT2D eigenvalue weighted by Crippen LogP contribution is 2.23. The Kier molecular flexibility index (Phi) is 4.67. The second kappa shape index (κ2) is 6.65. The van der Waals surface area contributed by atoms with E-state index in [0.717, 1.165) is 28.6 Å². The number of nitrogens with zero attached hydrogens (tertiary/aromatic N) is 4. The molecule has 11 heteroatoms. The van der Waals surface area contributed by atoms with Crippen LogP contribution in [0.4, 0.5) is 5.69 Å². The molecule has 1 aromatic carbocycles. The van der Waals surface area contributed by atoms with Crippen molar-refractivity contribution in [3.8, 4) is 0 Å². The summed E-state index contributed by atoms with van der Waals surface area (Å²) in [5.74, 6) is -0.390. The van der Waals surface area contributed by atoms with Gasteiger partial charge >= 0.3 is 0 Å². The molecule has 2 aliphatic rings. The predicted molar refractivity (Wildman–Crippen MR) is 89.6 cm³/mol.